The maximum absolute atomic E-state index is 12.0. The van der Waals surface area contributed by atoms with Gasteiger partial charge in [-0.2, -0.15) is 0 Å². The quantitative estimate of drug-likeness (QED) is 0.734. The maximum atomic E-state index is 12.0. The minimum absolute atomic E-state index is 0.179. The molecule has 0 unspecified atom stereocenters. The van der Waals surface area contributed by atoms with E-state index in [1.54, 1.807) is 42.5 Å². The van der Waals surface area contributed by atoms with Crippen LogP contribution in [0.25, 0.3) is 0 Å². The molecular formula is C15H15N3O2. The van der Waals surface area contributed by atoms with Crippen LogP contribution < -0.4 is 16.8 Å². The molecule has 5 heteroatoms. The number of nitrogens with two attached hydrogens (primary N) is 2. The maximum Gasteiger partial charge on any atom is 0.250 e. The fourth-order valence-electron chi connectivity index (χ4n) is 1.89. The van der Waals surface area contributed by atoms with Gasteiger partial charge in [0.15, 0.2) is 0 Å². The Hall–Kier alpha value is -2.82. The van der Waals surface area contributed by atoms with Gasteiger partial charge in [-0.15, -0.1) is 0 Å². The summed E-state index contributed by atoms with van der Waals surface area (Å²) in [5, 5.41) is 2.68. The summed E-state index contributed by atoms with van der Waals surface area (Å²) in [5.74, 6) is -0.811. The first-order valence-corrected chi connectivity index (χ1v) is 6.09. The van der Waals surface area contributed by atoms with Crippen molar-refractivity contribution in [3.63, 3.8) is 0 Å². The van der Waals surface area contributed by atoms with Gasteiger partial charge in [0.2, 0.25) is 5.91 Å². The summed E-state index contributed by atoms with van der Waals surface area (Å²) in [7, 11) is 0. The second-order valence-electron chi connectivity index (χ2n) is 4.38. The number of amides is 2. The molecule has 0 aliphatic rings. The van der Waals surface area contributed by atoms with Crippen molar-refractivity contribution in [2.45, 2.75) is 6.42 Å². The first kappa shape index (κ1) is 13.6. The van der Waals surface area contributed by atoms with E-state index in [0.29, 0.717) is 11.4 Å². The van der Waals surface area contributed by atoms with Crippen molar-refractivity contribution in [1.29, 1.82) is 0 Å². The van der Waals surface area contributed by atoms with Crippen LogP contribution in [-0.4, -0.2) is 11.8 Å². The monoisotopic (exact) mass is 269 g/mol. The number of hydrogen-bond acceptors (Lipinski definition) is 3. The van der Waals surface area contributed by atoms with Crippen molar-refractivity contribution in [2.75, 3.05) is 11.1 Å². The predicted molar refractivity (Wildman–Crippen MR) is 78.1 cm³/mol. The van der Waals surface area contributed by atoms with Gasteiger partial charge in [0.1, 0.15) is 0 Å². The summed E-state index contributed by atoms with van der Waals surface area (Å²) >= 11 is 0. The van der Waals surface area contributed by atoms with Gasteiger partial charge in [0, 0.05) is 5.69 Å². The average Bonchev–Trinajstić information content (AvgIpc) is 2.38. The molecule has 2 aromatic carbocycles. The number of anilines is 2. The SMILES string of the molecule is NC(=O)c1ccccc1NC(=O)Cc1cccc(N)c1. The van der Waals surface area contributed by atoms with E-state index in [2.05, 4.69) is 5.32 Å². The van der Waals surface area contributed by atoms with Crippen LogP contribution in [0.1, 0.15) is 15.9 Å². The molecule has 0 aliphatic carbocycles. The van der Waals surface area contributed by atoms with E-state index in [0.717, 1.165) is 5.56 Å². The number of hydrogen-bond donors (Lipinski definition) is 3. The summed E-state index contributed by atoms with van der Waals surface area (Å²) in [5.41, 5.74) is 13.0. The van der Waals surface area contributed by atoms with Crippen molar-refractivity contribution in [2.24, 2.45) is 5.73 Å². The van der Waals surface area contributed by atoms with Crippen molar-refractivity contribution < 1.29 is 9.59 Å². The van der Waals surface area contributed by atoms with Gasteiger partial charge in [-0.3, -0.25) is 9.59 Å². The van der Waals surface area contributed by atoms with Crippen molar-refractivity contribution in [3.8, 4) is 0 Å². The van der Waals surface area contributed by atoms with Crippen LogP contribution in [0.4, 0.5) is 11.4 Å². The fourth-order valence-corrected chi connectivity index (χ4v) is 1.89. The van der Waals surface area contributed by atoms with E-state index >= 15 is 0 Å². The molecule has 2 amide bonds. The molecule has 2 aromatic rings. The van der Waals surface area contributed by atoms with Crippen molar-refractivity contribution in [3.05, 3.63) is 59.7 Å². The lowest BCUT2D eigenvalue weighted by atomic mass is 10.1. The predicted octanol–water partition coefficient (Wildman–Crippen LogP) is 1.55. The average molecular weight is 269 g/mol. The van der Waals surface area contributed by atoms with E-state index < -0.39 is 5.91 Å². The third-order valence-electron chi connectivity index (χ3n) is 2.78. The summed E-state index contributed by atoms with van der Waals surface area (Å²) in [6.45, 7) is 0. The molecule has 2 rings (SSSR count). The summed E-state index contributed by atoms with van der Waals surface area (Å²) < 4.78 is 0. The Morgan fingerprint density at radius 1 is 1.05 bits per heavy atom. The van der Waals surface area contributed by atoms with Crippen LogP contribution in [0.3, 0.4) is 0 Å². The number of nitrogen functional groups attached to an aromatic ring is 1. The number of benzene rings is 2. The van der Waals surface area contributed by atoms with E-state index in [-0.39, 0.29) is 17.9 Å². The van der Waals surface area contributed by atoms with Gasteiger partial charge in [0.25, 0.3) is 5.91 Å². The smallest absolute Gasteiger partial charge is 0.250 e. The lowest BCUT2D eigenvalue weighted by Crippen LogP contribution is -2.19. The second kappa shape index (κ2) is 5.88. The minimum atomic E-state index is -0.579. The van der Waals surface area contributed by atoms with Crippen LogP contribution in [0.5, 0.6) is 0 Å². The Balaban J connectivity index is 2.11. The fraction of sp³-hybridized carbons (Fsp3) is 0.0667. The third kappa shape index (κ3) is 3.35. The molecule has 0 bridgehead atoms. The second-order valence-corrected chi connectivity index (χ2v) is 4.38. The zero-order chi connectivity index (χ0) is 14.5. The van der Waals surface area contributed by atoms with Gasteiger partial charge in [0.05, 0.1) is 17.7 Å². The van der Waals surface area contributed by atoms with E-state index in [9.17, 15) is 9.59 Å². The molecule has 102 valence electrons. The Labute approximate surface area is 116 Å². The summed E-state index contributed by atoms with van der Waals surface area (Å²) in [4.78, 5) is 23.2. The van der Waals surface area contributed by atoms with Gasteiger partial charge in [-0.25, -0.2) is 0 Å². The van der Waals surface area contributed by atoms with E-state index in [4.69, 9.17) is 11.5 Å². The zero-order valence-electron chi connectivity index (χ0n) is 10.8. The Morgan fingerprint density at radius 3 is 2.50 bits per heavy atom. The van der Waals surface area contributed by atoms with E-state index in [1.807, 2.05) is 6.07 Å². The molecule has 0 fully saturated rings. The van der Waals surface area contributed by atoms with Gasteiger partial charge in [-0.1, -0.05) is 24.3 Å². The van der Waals surface area contributed by atoms with Crippen molar-refractivity contribution in [1.82, 2.24) is 0 Å². The minimum Gasteiger partial charge on any atom is -0.399 e. The number of nitrogens with one attached hydrogen (secondary N) is 1. The Kier molecular flexibility index (Phi) is 4.00. The first-order valence-electron chi connectivity index (χ1n) is 6.09. The van der Waals surface area contributed by atoms with Gasteiger partial charge < -0.3 is 16.8 Å². The molecule has 20 heavy (non-hydrogen) atoms. The van der Waals surface area contributed by atoms with Gasteiger partial charge >= 0.3 is 0 Å². The Bertz CT molecular complexity index is 653. The topological polar surface area (TPSA) is 98.2 Å². The van der Waals surface area contributed by atoms with Crippen LogP contribution in [0.2, 0.25) is 0 Å². The Morgan fingerprint density at radius 2 is 1.80 bits per heavy atom. The van der Waals surface area contributed by atoms with Crippen LogP contribution >= 0.6 is 0 Å². The first-order chi connectivity index (χ1) is 9.56. The number of carbonyl (C=O) groups excluding carboxylic acids is 2. The lowest BCUT2D eigenvalue weighted by molar-refractivity contribution is -0.115. The number of rotatable bonds is 4. The molecule has 0 aromatic heterocycles. The van der Waals surface area contributed by atoms with Gasteiger partial charge in [-0.05, 0) is 29.8 Å². The summed E-state index contributed by atoms with van der Waals surface area (Å²) in [6.07, 6.45) is 0.179. The molecule has 0 atom stereocenters. The van der Waals surface area contributed by atoms with Crippen LogP contribution in [0.15, 0.2) is 48.5 Å². The van der Waals surface area contributed by atoms with Crippen molar-refractivity contribution >= 4 is 23.2 Å². The number of carbonyl (C=O) groups is 2. The molecule has 5 nitrogen and oxygen atoms in total. The van der Waals surface area contributed by atoms with Crippen LogP contribution in [-0.2, 0) is 11.2 Å². The van der Waals surface area contributed by atoms with Crippen LogP contribution in [0, 0.1) is 0 Å². The third-order valence-corrected chi connectivity index (χ3v) is 2.78. The highest BCUT2D eigenvalue weighted by Gasteiger charge is 2.10. The number of primary amides is 1. The highest BCUT2D eigenvalue weighted by Crippen LogP contribution is 2.15. The zero-order valence-corrected chi connectivity index (χ0v) is 10.8. The highest BCUT2D eigenvalue weighted by atomic mass is 16.2. The normalized spacial score (nSPS) is 10.0. The van der Waals surface area contributed by atoms with E-state index in [1.165, 1.54) is 0 Å². The molecule has 0 aliphatic heterocycles. The molecule has 0 saturated carbocycles. The molecule has 0 spiro atoms. The largest absolute Gasteiger partial charge is 0.399 e. The lowest BCUT2D eigenvalue weighted by Gasteiger charge is -2.09. The standard InChI is InChI=1S/C15H15N3O2/c16-11-5-3-4-10(8-11)9-14(19)18-13-7-2-1-6-12(13)15(17)20/h1-8H,9,16H2,(H2,17,20)(H,18,19). The number of para-hydroxylation sites is 1. The molecular weight excluding hydrogens is 254 g/mol. The summed E-state index contributed by atoms with van der Waals surface area (Å²) in [6, 6.07) is 13.7. The highest BCUT2D eigenvalue weighted by molar-refractivity contribution is 6.03. The molecule has 0 saturated heterocycles. The molecule has 5 N–H and O–H groups in total. The molecule has 0 radical (unpaired) electrons. The molecule has 0 heterocycles.